The predicted molar refractivity (Wildman–Crippen MR) is 61.7 cm³/mol. The van der Waals surface area contributed by atoms with E-state index in [9.17, 15) is 4.39 Å². The molecule has 76 valence electrons. The largest absolute Gasteiger partial charge is 0.246 e. The minimum absolute atomic E-state index is 0.436. The summed E-state index contributed by atoms with van der Waals surface area (Å²) < 4.78 is 12.5. The fraction of sp³-hybridized carbons (Fsp3) is 0.0769. The van der Waals surface area contributed by atoms with Gasteiger partial charge in [-0.3, -0.25) is 0 Å². The lowest BCUT2D eigenvalue weighted by molar-refractivity contribution is 0.485. The summed E-state index contributed by atoms with van der Waals surface area (Å²) in [4.78, 5) is 0. The van der Waals surface area contributed by atoms with E-state index in [-0.39, 0.29) is 0 Å². The lowest BCUT2D eigenvalue weighted by Gasteiger charge is -2.03. The van der Waals surface area contributed by atoms with Crippen LogP contribution in [0.25, 0.3) is 11.1 Å². The van der Waals surface area contributed by atoms with Crippen molar-refractivity contribution in [3.05, 3.63) is 59.1 Å². The molecule has 15 heavy (non-hydrogen) atoms. The van der Waals surface area contributed by atoms with Crippen LogP contribution in [0.4, 0.5) is 4.39 Å². The Morgan fingerprint density at radius 2 is 1.60 bits per heavy atom. The predicted octanol–water partition coefficient (Wildman–Crippen LogP) is 4.48. The molecule has 2 heteroatoms. The fourth-order valence-corrected chi connectivity index (χ4v) is 1.69. The summed E-state index contributed by atoms with van der Waals surface area (Å²) in [7, 11) is 0. The highest BCUT2D eigenvalue weighted by Gasteiger charge is 1.99. The molecule has 0 saturated carbocycles. The Bertz CT molecular complexity index is 466. The molecule has 0 aliphatic carbocycles. The van der Waals surface area contributed by atoms with Gasteiger partial charge in [-0.15, -0.1) is 0 Å². The summed E-state index contributed by atoms with van der Waals surface area (Å²) in [6, 6.07) is 15.0. The van der Waals surface area contributed by atoms with E-state index < -0.39 is 6.67 Å². The van der Waals surface area contributed by atoms with E-state index in [0.29, 0.717) is 10.6 Å². The van der Waals surface area contributed by atoms with Gasteiger partial charge in [0.05, 0.1) is 0 Å². The molecular formula is C13H10ClF. The maximum atomic E-state index is 12.5. The van der Waals surface area contributed by atoms with E-state index in [1.54, 1.807) is 6.07 Å². The second-order valence-corrected chi connectivity index (χ2v) is 3.78. The van der Waals surface area contributed by atoms with Crippen LogP contribution >= 0.6 is 11.6 Å². The van der Waals surface area contributed by atoms with Gasteiger partial charge in [0.15, 0.2) is 0 Å². The van der Waals surface area contributed by atoms with Crippen LogP contribution in [0.3, 0.4) is 0 Å². The minimum atomic E-state index is -0.436. The first-order valence-electron chi connectivity index (χ1n) is 4.70. The highest BCUT2D eigenvalue weighted by molar-refractivity contribution is 6.30. The topological polar surface area (TPSA) is 0 Å². The standard InChI is InChI=1S/C13H10ClF/c14-13-6-2-5-12(8-13)11-4-1-3-10(7-11)9-15/h1-8H,9H2. The molecule has 0 amide bonds. The molecule has 0 aromatic heterocycles. The third-order valence-corrected chi connectivity index (χ3v) is 2.47. The van der Waals surface area contributed by atoms with Crippen LogP contribution in [0.15, 0.2) is 48.5 Å². The molecule has 0 N–H and O–H groups in total. The second-order valence-electron chi connectivity index (χ2n) is 3.34. The maximum Gasteiger partial charge on any atom is 0.115 e. The first-order valence-corrected chi connectivity index (χ1v) is 5.08. The second kappa shape index (κ2) is 4.45. The van der Waals surface area contributed by atoms with Crippen LogP contribution in [-0.2, 0) is 6.67 Å². The zero-order valence-corrected chi connectivity index (χ0v) is 8.84. The normalized spacial score (nSPS) is 10.3. The summed E-state index contributed by atoms with van der Waals surface area (Å²) in [6.45, 7) is -0.436. The van der Waals surface area contributed by atoms with Crippen LogP contribution in [0.1, 0.15) is 5.56 Å². The third kappa shape index (κ3) is 2.37. The lowest BCUT2D eigenvalue weighted by atomic mass is 10.0. The van der Waals surface area contributed by atoms with Gasteiger partial charge in [-0.2, -0.15) is 0 Å². The smallest absolute Gasteiger partial charge is 0.115 e. The van der Waals surface area contributed by atoms with Crippen molar-refractivity contribution < 1.29 is 4.39 Å². The van der Waals surface area contributed by atoms with Crippen molar-refractivity contribution in [1.29, 1.82) is 0 Å². The van der Waals surface area contributed by atoms with Gasteiger partial charge in [0.1, 0.15) is 6.67 Å². The molecule has 0 saturated heterocycles. The summed E-state index contributed by atoms with van der Waals surface area (Å²) in [6.07, 6.45) is 0. The van der Waals surface area contributed by atoms with Crippen LogP contribution in [-0.4, -0.2) is 0 Å². The molecule has 2 aromatic rings. The van der Waals surface area contributed by atoms with Crippen molar-refractivity contribution >= 4 is 11.6 Å². The number of alkyl halides is 1. The molecule has 0 radical (unpaired) electrons. The molecule has 2 rings (SSSR count). The summed E-state index contributed by atoms with van der Waals surface area (Å²) in [5.74, 6) is 0. The van der Waals surface area contributed by atoms with E-state index in [1.165, 1.54) is 0 Å². The van der Waals surface area contributed by atoms with Crippen molar-refractivity contribution in [2.75, 3.05) is 0 Å². The van der Waals surface area contributed by atoms with Gasteiger partial charge in [-0.1, -0.05) is 41.9 Å². The van der Waals surface area contributed by atoms with E-state index in [4.69, 9.17) is 11.6 Å². The summed E-state index contributed by atoms with van der Waals surface area (Å²) in [5.41, 5.74) is 2.69. The van der Waals surface area contributed by atoms with Gasteiger partial charge in [0, 0.05) is 5.02 Å². The minimum Gasteiger partial charge on any atom is -0.246 e. The van der Waals surface area contributed by atoms with Gasteiger partial charge >= 0.3 is 0 Å². The molecule has 0 atom stereocenters. The average Bonchev–Trinajstić information content (AvgIpc) is 2.29. The Hall–Kier alpha value is -1.34. The van der Waals surface area contributed by atoms with E-state index >= 15 is 0 Å². The maximum absolute atomic E-state index is 12.5. The molecule has 2 aromatic carbocycles. The Morgan fingerprint density at radius 1 is 0.933 bits per heavy atom. The molecule has 0 aliphatic heterocycles. The molecule has 0 nitrogen and oxygen atoms in total. The Balaban J connectivity index is 2.44. The zero-order chi connectivity index (χ0) is 10.7. The average molecular weight is 221 g/mol. The van der Waals surface area contributed by atoms with Crippen molar-refractivity contribution in [2.45, 2.75) is 6.67 Å². The van der Waals surface area contributed by atoms with Crippen LogP contribution < -0.4 is 0 Å². The van der Waals surface area contributed by atoms with Gasteiger partial charge in [0.25, 0.3) is 0 Å². The van der Waals surface area contributed by atoms with E-state index in [0.717, 1.165) is 11.1 Å². The molecule has 0 fully saturated rings. The Morgan fingerprint density at radius 3 is 2.27 bits per heavy atom. The number of rotatable bonds is 2. The van der Waals surface area contributed by atoms with Crippen molar-refractivity contribution in [3.63, 3.8) is 0 Å². The Kier molecular flexibility index (Phi) is 3.02. The van der Waals surface area contributed by atoms with Crippen molar-refractivity contribution in [3.8, 4) is 11.1 Å². The van der Waals surface area contributed by atoms with Crippen molar-refractivity contribution in [1.82, 2.24) is 0 Å². The van der Waals surface area contributed by atoms with E-state index in [1.807, 2.05) is 42.5 Å². The first-order chi connectivity index (χ1) is 7.29. The lowest BCUT2D eigenvalue weighted by Crippen LogP contribution is -1.81. The van der Waals surface area contributed by atoms with Crippen LogP contribution in [0.5, 0.6) is 0 Å². The fourth-order valence-electron chi connectivity index (χ4n) is 1.50. The number of benzene rings is 2. The van der Waals surface area contributed by atoms with Crippen LogP contribution in [0, 0.1) is 0 Å². The van der Waals surface area contributed by atoms with Gasteiger partial charge in [-0.25, -0.2) is 4.39 Å². The van der Waals surface area contributed by atoms with Gasteiger partial charge in [0.2, 0.25) is 0 Å². The zero-order valence-electron chi connectivity index (χ0n) is 8.08. The van der Waals surface area contributed by atoms with Gasteiger partial charge < -0.3 is 0 Å². The van der Waals surface area contributed by atoms with E-state index in [2.05, 4.69) is 0 Å². The molecule has 0 unspecified atom stereocenters. The molecule has 0 spiro atoms. The summed E-state index contributed by atoms with van der Waals surface area (Å²) >= 11 is 5.89. The highest BCUT2D eigenvalue weighted by atomic mass is 35.5. The molecule has 0 bridgehead atoms. The molecular weight excluding hydrogens is 211 g/mol. The first kappa shape index (κ1) is 10.2. The Labute approximate surface area is 93.3 Å². The number of halogens is 2. The quantitative estimate of drug-likeness (QED) is 0.700. The molecule has 0 aliphatic rings. The number of hydrogen-bond donors (Lipinski definition) is 0. The van der Waals surface area contributed by atoms with Crippen LogP contribution in [0.2, 0.25) is 5.02 Å². The molecule has 0 heterocycles. The monoisotopic (exact) mass is 220 g/mol. The third-order valence-electron chi connectivity index (χ3n) is 2.24. The van der Waals surface area contributed by atoms with Crippen molar-refractivity contribution in [2.24, 2.45) is 0 Å². The number of hydrogen-bond acceptors (Lipinski definition) is 0. The SMILES string of the molecule is FCc1cccc(-c2cccc(Cl)c2)c1. The summed E-state index contributed by atoms with van der Waals surface area (Å²) in [5, 5.41) is 0.693. The van der Waals surface area contributed by atoms with Gasteiger partial charge in [-0.05, 0) is 34.9 Å². The highest BCUT2D eigenvalue weighted by Crippen LogP contribution is 2.23.